The van der Waals surface area contributed by atoms with Crippen LogP contribution in [0.3, 0.4) is 0 Å². The van der Waals surface area contributed by atoms with Crippen LogP contribution >= 0.6 is 11.6 Å². The standard InChI is InChI=1S/C31H38ClN3O5S/c1-6-23(3)33-31(37)28(19-24-10-8-7-9-11-24)34(20-25-13-15-26(32)16-14-25)30(36)21-35(41(5,38)39)27-18-22(2)12-17-29(27)40-4/h7-18,23,28H,6,19-21H2,1-5H3,(H,33,37). The second kappa shape index (κ2) is 14.4. The van der Waals surface area contributed by atoms with Gasteiger partial charge in [0.1, 0.15) is 18.3 Å². The molecule has 10 heteroatoms. The molecule has 0 aromatic heterocycles. The van der Waals surface area contributed by atoms with Gasteiger partial charge in [-0.2, -0.15) is 0 Å². The lowest BCUT2D eigenvalue weighted by Crippen LogP contribution is -2.54. The fraction of sp³-hybridized carbons (Fsp3) is 0.355. The van der Waals surface area contributed by atoms with Crippen molar-refractivity contribution in [1.29, 1.82) is 0 Å². The maximum atomic E-state index is 14.2. The van der Waals surface area contributed by atoms with E-state index in [1.165, 1.54) is 12.0 Å². The molecule has 0 radical (unpaired) electrons. The van der Waals surface area contributed by atoms with Crippen molar-refractivity contribution < 1.29 is 22.7 Å². The molecule has 0 aliphatic carbocycles. The first-order valence-electron chi connectivity index (χ1n) is 13.4. The molecule has 0 saturated carbocycles. The Bertz CT molecular complexity index is 1430. The Balaban J connectivity index is 2.10. The number of hydrogen-bond acceptors (Lipinski definition) is 5. The van der Waals surface area contributed by atoms with E-state index in [0.29, 0.717) is 17.2 Å². The largest absolute Gasteiger partial charge is 0.495 e. The van der Waals surface area contributed by atoms with Gasteiger partial charge in [-0.1, -0.05) is 67.1 Å². The zero-order valence-electron chi connectivity index (χ0n) is 24.1. The molecule has 0 aliphatic heterocycles. The fourth-order valence-electron chi connectivity index (χ4n) is 4.37. The van der Waals surface area contributed by atoms with Crippen LogP contribution in [0.2, 0.25) is 5.02 Å². The van der Waals surface area contributed by atoms with Crippen molar-refractivity contribution in [1.82, 2.24) is 10.2 Å². The molecule has 41 heavy (non-hydrogen) atoms. The summed E-state index contributed by atoms with van der Waals surface area (Å²) in [6.07, 6.45) is 2.00. The van der Waals surface area contributed by atoms with Crippen molar-refractivity contribution in [2.45, 2.75) is 52.2 Å². The molecule has 3 rings (SSSR count). The van der Waals surface area contributed by atoms with Crippen LogP contribution in [0.5, 0.6) is 5.75 Å². The molecule has 3 aromatic carbocycles. The first-order chi connectivity index (χ1) is 19.4. The number of carbonyl (C=O) groups excluding carboxylic acids is 2. The SMILES string of the molecule is CCC(C)NC(=O)C(Cc1ccccc1)N(Cc1ccc(Cl)cc1)C(=O)CN(c1cc(C)ccc1OC)S(C)(=O)=O. The quantitative estimate of drug-likeness (QED) is 0.299. The highest BCUT2D eigenvalue weighted by Gasteiger charge is 2.34. The molecule has 0 aliphatic rings. The molecule has 1 N–H and O–H groups in total. The molecule has 0 spiro atoms. The average molecular weight is 600 g/mol. The summed E-state index contributed by atoms with van der Waals surface area (Å²) in [6.45, 7) is 5.25. The Kier molecular flexibility index (Phi) is 11.2. The molecule has 2 unspecified atom stereocenters. The number of carbonyl (C=O) groups is 2. The van der Waals surface area contributed by atoms with Crippen molar-refractivity contribution in [2.75, 3.05) is 24.2 Å². The van der Waals surface area contributed by atoms with E-state index in [1.807, 2.05) is 51.1 Å². The van der Waals surface area contributed by atoms with Crippen LogP contribution in [0.25, 0.3) is 0 Å². The number of sulfonamides is 1. The van der Waals surface area contributed by atoms with Crippen LogP contribution in [0, 0.1) is 6.92 Å². The van der Waals surface area contributed by atoms with Crippen molar-refractivity contribution >= 4 is 39.1 Å². The van der Waals surface area contributed by atoms with Gasteiger partial charge in [0, 0.05) is 24.0 Å². The van der Waals surface area contributed by atoms with Gasteiger partial charge in [-0.3, -0.25) is 13.9 Å². The van der Waals surface area contributed by atoms with Crippen molar-refractivity contribution in [3.63, 3.8) is 0 Å². The molecule has 2 atom stereocenters. The smallest absolute Gasteiger partial charge is 0.244 e. The predicted octanol–water partition coefficient (Wildman–Crippen LogP) is 4.98. The number of amides is 2. The summed E-state index contributed by atoms with van der Waals surface area (Å²) in [4.78, 5) is 29.4. The Morgan fingerprint density at radius 3 is 2.24 bits per heavy atom. The first kappa shape index (κ1) is 32.0. The van der Waals surface area contributed by atoms with Crippen molar-refractivity contribution in [2.24, 2.45) is 0 Å². The molecule has 0 saturated heterocycles. The van der Waals surface area contributed by atoms with E-state index in [-0.39, 0.29) is 30.6 Å². The zero-order valence-corrected chi connectivity index (χ0v) is 25.7. The van der Waals surface area contributed by atoms with Gasteiger partial charge >= 0.3 is 0 Å². The zero-order chi connectivity index (χ0) is 30.2. The van der Waals surface area contributed by atoms with Crippen LogP contribution in [0.15, 0.2) is 72.8 Å². The number of nitrogens with zero attached hydrogens (tertiary/aromatic N) is 2. The van der Waals surface area contributed by atoms with Crippen LogP contribution in [-0.4, -0.2) is 57.1 Å². The average Bonchev–Trinajstić information content (AvgIpc) is 2.94. The minimum Gasteiger partial charge on any atom is -0.495 e. The number of anilines is 1. The maximum Gasteiger partial charge on any atom is 0.244 e. The van der Waals surface area contributed by atoms with E-state index in [2.05, 4.69) is 5.32 Å². The van der Waals surface area contributed by atoms with Gasteiger partial charge < -0.3 is 15.0 Å². The third-order valence-corrected chi connectivity index (χ3v) is 8.20. The number of benzene rings is 3. The molecular weight excluding hydrogens is 562 g/mol. The summed E-state index contributed by atoms with van der Waals surface area (Å²) >= 11 is 6.10. The van der Waals surface area contributed by atoms with E-state index < -0.39 is 28.5 Å². The van der Waals surface area contributed by atoms with Gasteiger partial charge in [-0.15, -0.1) is 0 Å². The van der Waals surface area contributed by atoms with Crippen molar-refractivity contribution in [3.8, 4) is 5.75 Å². The molecule has 8 nitrogen and oxygen atoms in total. The highest BCUT2D eigenvalue weighted by molar-refractivity contribution is 7.92. The van der Waals surface area contributed by atoms with Crippen LogP contribution in [0.4, 0.5) is 5.69 Å². The third kappa shape index (κ3) is 8.96. The van der Waals surface area contributed by atoms with Gasteiger partial charge in [0.05, 0.1) is 19.1 Å². The summed E-state index contributed by atoms with van der Waals surface area (Å²) < 4.78 is 32.6. The highest BCUT2D eigenvalue weighted by atomic mass is 35.5. The van der Waals surface area contributed by atoms with E-state index >= 15 is 0 Å². The summed E-state index contributed by atoms with van der Waals surface area (Å²) in [6, 6.07) is 20.5. The van der Waals surface area contributed by atoms with E-state index in [4.69, 9.17) is 16.3 Å². The Labute approximate surface area is 248 Å². The van der Waals surface area contributed by atoms with E-state index in [1.54, 1.807) is 42.5 Å². The van der Waals surface area contributed by atoms with Crippen LogP contribution < -0.4 is 14.4 Å². The van der Waals surface area contributed by atoms with Gasteiger partial charge in [0.2, 0.25) is 21.8 Å². The second-order valence-electron chi connectivity index (χ2n) is 10.1. The number of rotatable bonds is 13. The minimum atomic E-state index is -3.91. The number of halogens is 1. The van der Waals surface area contributed by atoms with Crippen molar-refractivity contribution in [3.05, 3.63) is 94.5 Å². The van der Waals surface area contributed by atoms with Crippen LogP contribution in [-0.2, 0) is 32.6 Å². The molecule has 3 aromatic rings. The Hall–Kier alpha value is -3.56. The van der Waals surface area contributed by atoms with Gasteiger partial charge in [0.15, 0.2) is 0 Å². The molecular formula is C31H38ClN3O5S. The van der Waals surface area contributed by atoms with Gasteiger partial charge in [0.25, 0.3) is 0 Å². The first-order valence-corrected chi connectivity index (χ1v) is 15.7. The molecule has 0 heterocycles. The molecule has 0 fully saturated rings. The normalized spacial score (nSPS) is 12.7. The summed E-state index contributed by atoms with van der Waals surface area (Å²) in [5.41, 5.74) is 2.66. The summed E-state index contributed by atoms with van der Waals surface area (Å²) in [7, 11) is -2.47. The molecule has 220 valence electrons. The topological polar surface area (TPSA) is 96.0 Å². The van der Waals surface area contributed by atoms with Crippen LogP contribution in [0.1, 0.15) is 37.0 Å². The second-order valence-corrected chi connectivity index (χ2v) is 12.5. The van der Waals surface area contributed by atoms with E-state index in [0.717, 1.165) is 27.3 Å². The summed E-state index contributed by atoms with van der Waals surface area (Å²) in [5, 5.41) is 3.55. The number of aryl methyl sites for hydroxylation is 1. The Morgan fingerprint density at radius 1 is 1.00 bits per heavy atom. The van der Waals surface area contributed by atoms with E-state index in [9.17, 15) is 18.0 Å². The van der Waals surface area contributed by atoms with Gasteiger partial charge in [-0.05, 0) is 61.2 Å². The lowest BCUT2D eigenvalue weighted by atomic mass is 10.0. The monoisotopic (exact) mass is 599 g/mol. The molecule has 0 bridgehead atoms. The number of nitrogens with one attached hydrogen (secondary N) is 1. The lowest BCUT2D eigenvalue weighted by Gasteiger charge is -2.34. The molecule has 2 amide bonds. The minimum absolute atomic E-state index is 0.0734. The highest BCUT2D eigenvalue weighted by Crippen LogP contribution is 2.31. The number of ether oxygens (including phenoxy) is 1. The third-order valence-electron chi connectivity index (χ3n) is 6.82. The number of methoxy groups -OCH3 is 1. The maximum absolute atomic E-state index is 14.2. The lowest BCUT2D eigenvalue weighted by molar-refractivity contribution is -0.140. The Morgan fingerprint density at radius 2 is 1.66 bits per heavy atom. The fourth-order valence-corrected chi connectivity index (χ4v) is 5.34. The summed E-state index contributed by atoms with van der Waals surface area (Å²) in [5.74, 6) is -0.535. The predicted molar refractivity (Wildman–Crippen MR) is 164 cm³/mol. The van der Waals surface area contributed by atoms with Gasteiger partial charge in [-0.25, -0.2) is 8.42 Å². The number of hydrogen-bond donors (Lipinski definition) is 1.